The molecule has 0 bridgehead atoms. The third kappa shape index (κ3) is 3.34. The Morgan fingerprint density at radius 1 is 1.22 bits per heavy atom. The van der Waals surface area contributed by atoms with Crippen molar-refractivity contribution < 1.29 is 9.36 Å². The van der Waals surface area contributed by atoms with Gasteiger partial charge >= 0.3 is 0 Å². The third-order valence-electron chi connectivity index (χ3n) is 3.76. The summed E-state index contributed by atoms with van der Waals surface area (Å²) in [6.07, 6.45) is 3.44. The Hall–Kier alpha value is -3.22. The van der Waals surface area contributed by atoms with E-state index in [1.165, 1.54) is 0 Å². The van der Waals surface area contributed by atoms with Crippen LogP contribution in [0.2, 0.25) is 0 Å². The lowest BCUT2D eigenvalue weighted by molar-refractivity contribution is -0.711. The molecule has 1 heterocycles. The average Bonchev–Trinajstić information content (AvgIpc) is 2.56. The molecule has 0 radical (unpaired) electrons. The summed E-state index contributed by atoms with van der Waals surface area (Å²) in [6, 6.07) is 14.0. The fourth-order valence-electron chi connectivity index (χ4n) is 2.68. The van der Waals surface area contributed by atoms with Crippen LogP contribution < -0.4 is 10.3 Å². The van der Waals surface area contributed by atoms with Crippen molar-refractivity contribution in [1.29, 1.82) is 10.7 Å². The molecule has 2 aromatic rings. The lowest BCUT2D eigenvalue weighted by atomic mass is 9.83. The highest BCUT2D eigenvalue weighted by Crippen LogP contribution is 2.33. The SMILES string of the molecule is Cc1ccccc1[C@@H](C(=C=N)C#N)[C@H](C(N)=O)[n+]1ccccc1. The molecule has 2 atom stereocenters. The fourth-order valence-corrected chi connectivity index (χ4v) is 2.68. The van der Waals surface area contributed by atoms with Gasteiger partial charge in [-0.1, -0.05) is 30.3 Å². The number of aromatic nitrogens is 1. The van der Waals surface area contributed by atoms with Crippen LogP contribution in [0.15, 0.2) is 60.4 Å². The summed E-state index contributed by atoms with van der Waals surface area (Å²) in [6.45, 7) is 1.90. The Kier molecular flexibility index (Phi) is 5.03. The molecule has 0 saturated carbocycles. The number of nitriles is 1. The van der Waals surface area contributed by atoms with Crippen LogP contribution in [0.1, 0.15) is 23.1 Å². The van der Waals surface area contributed by atoms with Crippen LogP contribution in [0, 0.1) is 23.7 Å². The molecule has 114 valence electrons. The maximum absolute atomic E-state index is 12.2. The minimum absolute atomic E-state index is 0.0689. The second-order valence-corrected chi connectivity index (χ2v) is 5.15. The monoisotopic (exact) mass is 305 g/mol. The highest BCUT2D eigenvalue weighted by Gasteiger charge is 2.39. The summed E-state index contributed by atoms with van der Waals surface area (Å²) in [4.78, 5) is 12.2. The van der Waals surface area contributed by atoms with Gasteiger partial charge in [-0.3, -0.25) is 10.2 Å². The topological polar surface area (TPSA) is 94.6 Å². The zero-order valence-electron chi connectivity index (χ0n) is 12.7. The number of hydrogen-bond donors (Lipinski definition) is 2. The second kappa shape index (κ2) is 7.17. The van der Waals surface area contributed by atoms with E-state index in [9.17, 15) is 10.1 Å². The van der Waals surface area contributed by atoms with E-state index in [1.54, 1.807) is 29.1 Å². The van der Waals surface area contributed by atoms with Gasteiger partial charge in [-0.15, -0.1) is 0 Å². The first kappa shape index (κ1) is 16.2. The number of primary amides is 1. The number of nitrogens with two attached hydrogens (primary N) is 1. The molecule has 0 fully saturated rings. The van der Waals surface area contributed by atoms with Gasteiger partial charge in [0, 0.05) is 12.1 Å². The number of allylic oxidation sites excluding steroid dienone is 1. The Morgan fingerprint density at radius 3 is 2.39 bits per heavy atom. The maximum atomic E-state index is 12.2. The van der Waals surface area contributed by atoms with Crippen LogP contribution in [0.3, 0.4) is 0 Å². The zero-order chi connectivity index (χ0) is 16.8. The molecule has 23 heavy (non-hydrogen) atoms. The Labute approximate surface area is 134 Å². The molecule has 0 aliphatic heterocycles. The molecule has 0 saturated heterocycles. The molecule has 0 spiro atoms. The zero-order valence-corrected chi connectivity index (χ0v) is 12.7. The predicted molar refractivity (Wildman–Crippen MR) is 85.6 cm³/mol. The summed E-state index contributed by atoms with van der Waals surface area (Å²) >= 11 is 0. The Morgan fingerprint density at radius 2 is 1.87 bits per heavy atom. The summed E-state index contributed by atoms with van der Waals surface area (Å²) in [7, 11) is 0. The smallest absolute Gasteiger partial charge is 0.287 e. The summed E-state index contributed by atoms with van der Waals surface area (Å²) in [5.41, 5.74) is 7.40. The quantitative estimate of drug-likeness (QED) is 0.500. The number of benzene rings is 1. The molecule has 1 amide bonds. The molecule has 0 aliphatic carbocycles. The van der Waals surface area contributed by atoms with Crippen LogP contribution in [0.25, 0.3) is 0 Å². The molecule has 5 heteroatoms. The number of amides is 1. The van der Waals surface area contributed by atoms with Crippen molar-refractivity contribution in [3.05, 3.63) is 71.6 Å². The number of carbonyl (C=O) groups excluding carboxylic acids is 1. The molecule has 2 rings (SSSR count). The number of carbonyl (C=O) groups is 1. The van der Waals surface area contributed by atoms with Crippen LogP contribution in [0.4, 0.5) is 0 Å². The molecule has 0 aliphatic rings. The molecule has 0 unspecified atom stereocenters. The average molecular weight is 305 g/mol. The molecular formula is C18H17N4O+. The van der Waals surface area contributed by atoms with Gasteiger partial charge in [-0.25, -0.2) is 0 Å². The van der Waals surface area contributed by atoms with Gasteiger partial charge in [0.05, 0.1) is 5.92 Å². The number of hydrogen-bond acceptors (Lipinski definition) is 3. The Balaban J connectivity index is 2.70. The van der Waals surface area contributed by atoms with Crippen LogP contribution in [-0.2, 0) is 4.79 Å². The minimum Gasteiger partial charge on any atom is -0.364 e. The van der Waals surface area contributed by atoms with E-state index < -0.39 is 17.9 Å². The lowest BCUT2D eigenvalue weighted by Crippen LogP contribution is -2.49. The van der Waals surface area contributed by atoms with Crippen molar-refractivity contribution in [2.75, 3.05) is 0 Å². The van der Waals surface area contributed by atoms with Crippen molar-refractivity contribution >= 4 is 11.8 Å². The minimum atomic E-state index is -0.815. The van der Waals surface area contributed by atoms with Crippen LogP contribution in [0.5, 0.6) is 0 Å². The first-order chi connectivity index (χ1) is 11.1. The summed E-state index contributed by atoms with van der Waals surface area (Å²) < 4.78 is 1.66. The third-order valence-corrected chi connectivity index (χ3v) is 3.76. The molecule has 3 N–H and O–H groups in total. The highest BCUT2D eigenvalue weighted by molar-refractivity contribution is 5.80. The number of pyridine rings is 1. The van der Waals surface area contributed by atoms with E-state index in [-0.39, 0.29) is 5.57 Å². The number of nitrogens with zero attached hydrogens (tertiary/aromatic N) is 2. The van der Waals surface area contributed by atoms with Gasteiger partial charge in [-0.05, 0) is 23.9 Å². The maximum Gasteiger partial charge on any atom is 0.287 e. The number of aryl methyl sites for hydroxylation is 1. The first-order valence-corrected chi connectivity index (χ1v) is 7.10. The van der Waals surface area contributed by atoms with Crippen LogP contribution in [-0.4, -0.2) is 11.8 Å². The largest absolute Gasteiger partial charge is 0.364 e. The van der Waals surface area contributed by atoms with Crippen LogP contribution >= 0.6 is 0 Å². The van der Waals surface area contributed by atoms with E-state index >= 15 is 0 Å². The molecular weight excluding hydrogens is 288 g/mol. The fraction of sp³-hybridized carbons (Fsp3) is 0.167. The van der Waals surface area contributed by atoms with Crippen molar-refractivity contribution in [2.45, 2.75) is 18.9 Å². The molecule has 1 aromatic carbocycles. The highest BCUT2D eigenvalue weighted by atomic mass is 16.1. The van der Waals surface area contributed by atoms with E-state index in [0.29, 0.717) is 0 Å². The molecule has 5 nitrogen and oxygen atoms in total. The van der Waals surface area contributed by atoms with E-state index in [1.807, 2.05) is 43.3 Å². The summed E-state index contributed by atoms with van der Waals surface area (Å²) in [5, 5.41) is 16.8. The van der Waals surface area contributed by atoms with Crippen molar-refractivity contribution in [1.82, 2.24) is 0 Å². The van der Waals surface area contributed by atoms with Gasteiger partial charge in [0.1, 0.15) is 11.6 Å². The Bertz CT molecular complexity index is 801. The van der Waals surface area contributed by atoms with Gasteiger partial charge in [-0.2, -0.15) is 9.83 Å². The van der Waals surface area contributed by atoms with Gasteiger partial charge < -0.3 is 5.73 Å². The van der Waals surface area contributed by atoms with Crippen molar-refractivity contribution in [2.24, 2.45) is 5.73 Å². The van der Waals surface area contributed by atoms with E-state index in [2.05, 4.69) is 5.87 Å². The molecule has 1 aromatic heterocycles. The van der Waals surface area contributed by atoms with Gasteiger partial charge in [0.15, 0.2) is 12.4 Å². The normalized spacial score (nSPS) is 12.5. The predicted octanol–water partition coefficient (Wildman–Crippen LogP) is 1.79. The van der Waals surface area contributed by atoms with E-state index in [0.717, 1.165) is 11.1 Å². The second-order valence-electron chi connectivity index (χ2n) is 5.15. The van der Waals surface area contributed by atoms with Gasteiger partial charge in [0.2, 0.25) is 6.04 Å². The lowest BCUT2D eigenvalue weighted by Gasteiger charge is -2.21. The van der Waals surface area contributed by atoms with Gasteiger partial charge in [0.25, 0.3) is 5.91 Å². The van der Waals surface area contributed by atoms with Crippen molar-refractivity contribution in [3.8, 4) is 6.07 Å². The van der Waals surface area contributed by atoms with Crippen molar-refractivity contribution in [3.63, 3.8) is 0 Å². The first-order valence-electron chi connectivity index (χ1n) is 7.10. The summed E-state index contributed by atoms with van der Waals surface area (Å²) in [5.74, 6) is 0.932. The standard InChI is InChI=1S/C18H16N4O/c1-13-7-3-4-8-15(13)16(14(11-19)12-20)17(18(21)23)22-9-5-2-6-10-22/h2-10,16-17,19H,1H3,(H-,21,23)/p+1/t16-,17-/m1/s1. The number of nitrogens with one attached hydrogen (secondary N) is 1. The van der Waals surface area contributed by atoms with E-state index in [4.69, 9.17) is 11.1 Å². The number of rotatable bonds is 5.